The van der Waals surface area contributed by atoms with Crippen LogP contribution in [0.1, 0.15) is 6.92 Å². The molecule has 6 heteroatoms. The quantitative estimate of drug-likeness (QED) is 0.764. The summed E-state index contributed by atoms with van der Waals surface area (Å²) in [5.41, 5.74) is 0. The van der Waals surface area contributed by atoms with Gasteiger partial charge in [0.1, 0.15) is 0 Å². The number of alkyl halides is 1. The van der Waals surface area contributed by atoms with E-state index in [9.17, 15) is 0 Å². The number of anilines is 1. The first-order chi connectivity index (χ1) is 7.70. The van der Waals surface area contributed by atoms with Crippen molar-refractivity contribution in [3.8, 4) is 0 Å². The molecule has 1 aromatic rings. The number of halogens is 2. The van der Waals surface area contributed by atoms with Gasteiger partial charge in [0.15, 0.2) is 0 Å². The van der Waals surface area contributed by atoms with Crippen LogP contribution >= 0.6 is 23.2 Å². The fourth-order valence-corrected chi connectivity index (χ4v) is 1.93. The van der Waals surface area contributed by atoms with E-state index < -0.39 is 0 Å². The molecule has 0 aromatic carbocycles. The van der Waals surface area contributed by atoms with Crippen LogP contribution in [0, 0.1) is 0 Å². The van der Waals surface area contributed by atoms with E-state index in [0.29, 0.717) is 30.0 Å². The first-order valence-electron chi connectivity index (χ1n) is 5.12. The van der Waals surface area contributed by atoms with Crippen LogP contribution in [0.4, 0.5) is 5.95 Å². The molecule has 0 saturated carbocycles. The van der Waals surface area contributed by atoms with Gasteiger partial charge in [-0.25, -0.2) is 9.97 Å². The number of nitrogens with zero attached hydrogens (tertiary/aromatic N) is 3. The van der Waals surface area contributed by atoms with E-state index >= 15 is 0 Å². The average Bonchev–Trinajstić information content (AvgIpc) is 2.31. The SMILES string of the molecule is CC1COC(CCl)CN1c1ncc(Cl)cn1. The van der Waals surface area contributed by atoms with Crippen molar-refractivity contribution in [2.75, 3.05) is 23.9 Å². The largest absolute Gasteiger partial charge is 0.373 e. The molecular weight excluding hydrogens is 249 g/mol. The molecule has 0 amide bonds. The van der Waals surface area contributed by atoms with E-state index in [-0.39, 0.29) is 12.1 Å². The minimum Gasteiger partial charge on any atom is -0.373 e. The van der Waals surface area contributed by atoms with Crippen LogP contribution in [-0.4, -0.2) is 41.1 Å². The van der Waals surface area contributed by atoms with Gasteiger partial charge in [0.05, 0.1) is 42.0 Å². The second-order valence-corrected chi connectivity index (χ2v) is 4.56. The van der Waals surface area contributed by atoms with Gasteiger partial charge in [0.25, 0.3) is 0 Å². The van der Waals surface area contributed by atoms with Crippen molar-refractivity contribution in [3.05, 3.63) is 17.4 Å². The third-order valence-corrected chi connectivity index (χ3v) is 3.08. The molecule has 1 saturated heterocycles. The minimum absolute atomic E-state index is 0.0390. The summed E-state index contributed by atoms with van der Waals surface area (Å²) in [4.78, 5) is 10.5. The van der Waals surface area contributed by atoms with Gasteiger partial charge in [-0.15, -0.1) is 11.6 Å². The summed E-state index contributed by atoms with van der Waals surface area (Å²) in [5.74, 6) is 1.16. The topological polar surface area (TPSA) is 38.2 Å². The lowest BCUT2D eigenvalue weighted by Gasteiger charge is -2.37. The Hall–Kier alpha value is -0.580. The van der Waals surface area contributed by atoms with E-state index in [2.05, 4.69) is 21.8 Å². The van der Waals surface area contributed by atoms with Gasteiger partial charge in [-0.3, -0.25) is 0 Å². The van der Waals surface area contributed by atoms with Crippen molar-refractivity contribution in [2.45, 2.75) is 19.1 Å². The van der Waals surface area contributed by atoms with Crippen LogP contribution in [0.3, 0.4) is 0 Å². The zero-order valence-electron chi connectivity index (χ0n) is 8.94. The van der Waals surface area contributed by atoms with E-state index in [1.165, 1.54) is 0 Å². The second kappa shape index (κ2) is 5.17. The highest BCUT2D eigenvalue weighted by molar-refractivity contribution is 6.30. The maximum Gasteiger partial charge on any atom is 0.225 e. The van der Waals surface area contributed by atoms with Gasteiger partial charge >= 0.3 is 0 Å². The standard InChI is InChI=1S/C10H13Cl2N3O/c1-7-6-16-9(2-11)5-15(7)10-13-3-8(12)4-14-10/h3-4,7,9H,2,5-6H2,1H3. The van der Waals surface area contributed by atoms with Crippen LogP contribution in [-0.2, 0) is 4.74 Å². The molecule has 0 radical (unpaired) electrons. The van der Waals surface area contributed by atoms with Crippen LogP contribution < -0.4 is 4.90 Å². The summed E-state index contributed by atoms with van der Waals surface area (Å²) in [6, 6.07) is 0.251. The minimum atomic E-state index is 0.0390. The Morgan fingerprint density at radius 3 is 2.81 bits per heavy atom. The highest BCUT2D eigenvalue weighted by atomic mass is 35.5. The maximum absolute atomic E-state index is 5.79. The highest BCUT2D eigenvalue weighted by Gasteiger charge is 2.27. The van der Waals surface area contributed by atoms with Crippen molar-refractivity contribution in [1.82, 2.24) is 9.97 Å². The molecule has 2 atom stereocenters. The molecule has 1 fully saturated rings. The van der Waals surface area contributed by atoms with Crippen molar-refractivity contribution in [1.29, 1.82) is 0 Å². The van der Waals surface area contributed by atoms with Gasteiger partial charge in [0, 0.05) is 6.54 Å². The van der Waals surface area contributed by atoms with Crippen LogP contribution in [0.25, 0.3) is 0 Å². The number of hydrogen-bond acceptors (Lipinski definition) is 4. The first kappa shape index (κ1) is 11.9. The molecule has 0 spiro atoms. The maximum atomic E-state index is 5.79. The molecule has 0 bridgehead atoms. The number of hydrogen-bond donors (Lipinski definition) is 0. The molecule has 1 aromatic heterocycles. The monoisotopic (exact) mass is 261 g/mol. The fourth-order valence-electron chi connectivity index (χ4n) is 1.64. The average molecular weight is 262 g/mol. The molecule has 2 unspecified atom stereocenters. The highest BCUT2D eigenvalue weighted by Crippen LogP contribution is 2.19. The predicted molar refractivity (Wildman–Crippen MR) is 64.3 cm³/mol. The lowest BCUT2D eigenvalue weighted by atomic mass is 10.2. The van der Waals surface area contributed by atoms with Crippen molar-refractivity contribution >= 4 is 29.2 Å². The zero-order valence-corrected chi connectivity index (χ0v) is 10.4. The molecule has 4 nitrogen and oxygen atoms in total. The summed E-state index contributed by atoms with van der Waals surface area (Å²) >= 11 is 11.5. The Balaban J connectivity index is 2.14. The van der Waals surface area contributed by atoms with Gasteiger partial charge in [-0.2, -0.15) is 0 Å². The van der Waals surface area contributed by atoms with Crippen LogP contribution in [0.2, 0.25) is 5.02 Å². The van der Waals surface area contributed by atoms with Crippen molar-refractivity contribution in [3.63, 3.8) is 0 Å². The fraction of sp³-hybridized carbons (Fsp3) is 0.600. The lowest BCUT2D eigenvalue weighted by molar-refractivity contribution is 0.0358. The summed E-state index contributed by atoms with van der Waals surface area (Å²) in [7, 11) is 0. The van der Waals surface area contributed by atoms with E-state index in [4.69, 9.17) is 27.9 Å². The van der Waals surface area contributed by atoms with Crippen LogP contribution in [0.5, 0.6) is 0 Å². The molecule has 2 rings (SSSR count). The van der Waals surface area contributed by atoms with Gasteiger partial charge in [0.2, 0.25) is 5.95 Å². The van der Waals surface area contributed by atoms with Crippen molar-refractivity contribution < 1.29 is 4.74 Å². The number of morpholine rings is 1. The molecule has 1 aliphatic rings. The summed E-state index contributed by atoms with van der Waals surface area (Å²) in [6.45, 7) is 3.43. The Kier molecular flexibility index (Phi) is 3.84. The third kappa shape index (κ3) is 2.56. The summed E-state index contributed by atoms with van der Waals surface area (Å²) in [5, 5.41) is 0.540. The summed E-state index contributed by atoms with van der Waals surface area (Å²) < 4.78 is 5.56. The zero-order chi connectivity index (χ0) is 11.5. The normalized spacial score (nSPS) is 25.8. The Morgan fingerprint density at radius 1 is 1.50 bits per heavy atom. The van der Waals surface area contributed by atoms with Gasteiger partial charge in [-0.1, -0.05) is 11.6 Å². The summed E-state index contributed by atoms with van der Waals surface area (Å²) in [6.07, 6.45) is 3.24. The third-order valence-electron chi connectivity index (χ3n) is 2.54. The first-order valence-corrected chi connectivity index (χ1v) is 6.03. The van der Waals surface area contributed by atoms with Crippen LogP contribution in [0.15, 0.2) is 12.4 Å². The van der Waals surface area contributed by atoms with E-state index in [0.717, 1.165) is 0 Å². The molecule has 1 aliphatic heterocycles. The van der Waals surface area contributed by atoms with Gasteiger partial charge in [-0.05, 0) is 6.92 Å². The number of rotatable bonds is 2. The smallest absolute Gasteiger partial charge is 0.225 e. The number of aromatic nitrogens is 2. The predicted octanol–water partition coefficient (Wildman–Crippen LogP) is 1.96. The molecule has 2 heterocycles. The van der Waals surface area contributed by atoms with Gasteiger partial charge < -0.3 is 9.64 Å². The molecule has 0 aliphatic carbocycles. The molecule has 88 valence electrons. The Labute approximate surface area is 105 Å². The van der Waals surface area contributed by atoms with E-state index in [1.807, 2.05) is 0 Å². The molecule has 0 N–H and O–H groups in total. The molecular formula is C10H13Cl2N3O. The number of ether oxygens (including phenoxy) is 1. The van der Waals surface area contributed by atoms with Crippen molar-refractivity contribution in [2.24, 2.45) is 0 Å². The molecule has 16 heavy (non-hydrogen) atoms. The van der Waals surface area contributed by atoms with E-state index in [1.54, 1.807) is 12.4 Å². The Morgan fingerprint density at radius 2 is 2.19 bits per heavy atom. The Bertz CT molecular complexity index is 346. The second-order valence-electron chi connectivity index (χ2n) is 3.81. The lowest BCUT2D eigenvalue weighted by Crippen LogP contribution is -2.49.